The molecule has 2 aromatic rings. The first-order valence-electron chi connectivity index (χ1n) is 5.57. The fourth-order valence-electron chi connectivity index (χ4n) is 2.24. The van der Waals surface area contributed by atoms with Gasteiger partial charge in [-0.3, -0.25) is 0 Å². The lowest BCUT2D eigenvalue weighted by Crippen LogP contribution is -1.96. The van der Waals surface area contributed by atoms with Gasteiger partial charge in [-0.25, -0.2) is 9.97 Å². The van der Waals surface area contributed by atoms with E-state index in [0.29, 0.717) is 4.73 Å². The molecule has 0 aliphatic rings. The van der Waals surface area contributed by atoms with Crippen molar-refractivity contribution in [3.63, 3.8) is 0 Å². The van der Waals surface area contributed by atoms with Gasteiger partial charge < -0.3 is 0 Å². The average Bonchev–Trinajstić information content (AvgIpc) is 2.13. The number of halogens is 1. The summed E-state index contributed by atoms with van der Waals surface area (Å²) in [6, 6.07) is 6.40. The lowest BCUT2D eigenvalue weighted by Gasteiger charge is -2.11. The minimum atomic E-state index is 0.645. The van der Waals surface area contributed by atoms with Crippen molar-refractivity contribution in [2.75, 3.05) is 0 Å². The van der Waals surface area contributed by atoms with E-state index < -0.39 is 0 Å². The summed E-state index contributed by atoms with van der Waals surface area (Å²) in [6.07, 6.45) is 0. The van der Waals surface area contributed by atoms with Crippen LogP contribution >= 0.6 is 15.9 Å². The molecule has 1 aromatic carbocycles. The van der Waals surface area contributed by atoms with Gasteiger partial charge in [0.15, 0.2) is 4.73 Å². The van der Waals surface area contributed by atoms with Crippen molar-refractivity contribution in [3.8, 4) is 11.3 Å². The zero-order valence-corrected chi connectivity index (χ0v) is 12.1. The van der Waals surface area contributed by atoms with Crippen LogP contribution in [-0.2, 0) is 0 Å². The minimum Gasteiger partial charge on any atom is -0.227 e. The van der Waals surface area contributed by atoms with Gasteiger partial charge in [0, 0.05) is 11.3 Å². The largest absolute Gasteiger partial charge is 0.227 e. The minimum absolute atomic E-state index is 0.645. The molecule has 0 atom stereocenters. The predicted octanol–water partition coefficient (Wildman–Crippen LogP) is 4.14. The van der Waals surface area contributed by atoms with Crippen LogP contribution in [0.25, 0.3) is 11.3 Å². The van der Waals surface area contributed by atoms with Crippen molar-refractivity contribution in [2.45, 2.75) is 27.7 Å². The highest BCUT2D eigenvalue weighted by Crippen LogP contribution is 2.27. The predicted molar refractivity (Wildman–Crippen MR) is 74.1 cm³/mol. The van der Waals surface area contributed by atoms with Gasteiger partial charge in [0.25, 0.3) is 0 Å². The smallest absolute Gasteiger partial charge is 0.197 e. The molecule has 0 unspecified atom stereocenters. The zero-order chi connectivity index (χ0) is 12.6. The quantitative estimate of drug-likeness (QED) is 0.738. The van der Waals surface area contributed by atoms with Gasteiger partial charge in [-0.1, -0.05) is 17.7 Å². The van der Waals surface area contributed by atoms with Gasteiger partial charge in [-0.15, -0.1) is 0 Å². The Morgan fingerprint density at radius 3 is 2.00 bits per heavy atom. The molecular formula is C14H15BrN2. The molecule has 1 aromatic heterocycles. The Morgan fingerprint density at radius 1 is 0.882 bits per heavy atom. The molecule has 0 aliphatic heterocycles. The second kappa shape index (κ2) is 4.57. The van der Waals surface area contributed by atoms with Crippen molar-refractivity contribution >= 4 is 15.9 Å². The first-order valence-corrected chi connectivity index (χ1v) is 6.36. The van der Waals surface area contributed by atoms with Gasteiger partial charge in [-0.05, 0) is 60.8 Å². The van der Waals surface area contributed by atoms with E-state index in [1.807, 2.05) is 13.0 Å². The summed E-state index contributed by atoms with van der Waals surface area (Å²) < 4.78 is 0.645. The van der Waals surface area contributed by atoms with Crippen molar-refractivity contribution in [3.05, 3.63) is 45.3 Å². The molecule has 17 heavy (non-hydrogen) atoms. The molecule has 0 fully saturated rings. The highest BCUT2D eigenvalue weighted by Gasteiger charge is 2.09. The summed E-state index contributed by atoms with van der Waals surface area (Å²) in [6.45, 7) is 8.35. The second-order valence-electron chi connectivity index (χ2n) is 4.44. The summed E-state index contributed by atoms with van der Waals surface area (Å²) in [5.74, 6) is 0. The number of hydrogen-bond acceptors (Lipinski definition) is 2. The zero-order valence-electron chi connectivity index (χ0n) is 10.5. The molecule has 0 spiro atoms. The molecule has 0 aliphatic carbocycles. The van der Waals surface area contributed by atoms with E-state index in [1.54, 1.807) is 0 Å². The fourth-order valence-corrected chi connectivity index (χ4v) is 2.72. The van der Waals surface area contributed by atoms with Crippen LogP contribution in [0, 0.1) is 27.7 Å². The molecule has 2 rings (SSSR count). The maximum Gasteiger partial charge on any atom is 0.197 e. The van der Waals surface area contributed by atoms with Crippen LogP contribution in [-0.4, -0.2) is 9.97 Å². The fraction of sp³-hybridized carbons (Fsp3) is 0.286. The van der Waals surface area contributed by atoms with Crippen LogP contribution in [0.5, 0.6) is 0 Å². The third-order valence-corrected chi connectivity index (χ3v) is 3.11. The molecule has 1 heterocycles. The van der Waals surface area contributed by atoms with Gasteiger partial charge in [-0.2, -0.15) is 0 Å². The lowest BCUT2D eigenvalue weighted by atomic mass is 9.97. The third-order valence-electron chi connectivity index (χ3n) is 2.76. The molecule has 0 amide bonds. The molecule has 0 saturated carbocycles. The maximum absolute atomic E-state index is 4.46. The molecule has 0 N–H and O–H groups in total. The van der Waals surface area contributed by atoms with Crippen LogP contribution in [0.15, 0.2) is 22.9 Å². The Labute approximate surface area is 110 Å². The molecule has 2 nitrogen and oxygen atoms in total. The standard InChI is InChI=1S/C14H15BrN2/c1-8-5-9(2)13(10(3)6-8)12-7-11(4)16-14(15)17-12/h5-7H,1-4H3. The van der Waals surface area contributed by atoms with E-state index in [4.69, 9.17) is 0 Å². The number of hydrogen-bond donors (Lipinski definition) is 0. The Balaban J connectivity index is 2.68. The summed E-state index contributed by atoms with van der Waals surface area (Å²) in [5, 5.41) is 0. The summed E-state index contributed by atoms with van der Waals surface area (Å²) in [4.78, 5) is 8.70. The summed E-state index contributed by atoms with van der Waals surface area (Å²) >= 11 is 3.35. The van der Waals surface area contributed by atoms with Crippen LogP contribution in [0.1, 0.15) is 22.4 Å². The van der Waals surface area contributed by atoms with Crippen LogP contribution in [0.3, 0.4) is 0 Å². The Kier molecular flexibility index (Phi) is 3.29. The van der Waals surface area contributed by atoms with E-state index >= 15 is 0 Å². The Morgan fingerprint density at radius 2 is 1.47 bits per heavy atom. The molecule has 0 bridgehead atoms. The topological polar surface area (TPSA) is 25.8 Å². The van der Waals surface area contributed by atoms with E-state index in [-0.39, 0.29) is 0 Å². The normalized spacial score (nSPS) is 10.6. The molecule has 3 heteroatoms. The van der Waals surface area contributed by atoms with Crippen LogP contribution in [0.4, 0.5) is 0 Å². The molecular weight excluding hydrogens is 276 g/mol. The van der Waals surface area contributed by atoms with Gasteiger partial charge in [0.2, 0.25) is 0 Å². The van der Waals surface area contributed by atoms with Crippen molar-refractivity contribution in [1.82, 2.24) is 9.97 Å². The SMILES string of the molecule is Cc1cc(C)c(-c2cc(C)nc(Br)n2)c(C)c1. The first-order chi connectivity index (χ1) is 7.97. The maximum atomic E-state index is 4.46. The van der Waals surface area contributed by atoms with Crippen molar-refractivity contribution < 1.29 is 0 Å². The highest BCUT2D eigenvalue weighted by atomic mass is 79.9. The van der Waals surface area contributed by atoms with Crippen molar-refractivity contribution in [2.24, 2.45) is 0 Å². The van der Waals surface area contributed by atoms with Gasteiger partial charge in [0.05, 0.1) is 5.69 Å². The monoisotopic (exact) mass is 290 g/mol. The van der Waals surface area contributed by atoms with Crippen LogP contribution in [0.2, 0.25) is 0 Å². The van der Waals surface area contributed by atoms with E-state index in [1.165, 1.54) is 22.3 Å². The number of rotatable bonds is 1. The number of nitrogens with zero attached hydrogens (tertiary/aromatic N) is 2. The van der Waals surface area contributed by atoms with E-state index in [0.717, 1.165) is 11.4 Å². The summed E-state index contributed by atoms with van der Waals surface area (Å²) in [5.41, 5.74) is 6.97. The molecule has 0 saturated heterocycles. The molecule has 0 radical (unpaired) electrons. The lowest BCUT2D eigenvalue weighted by molar-refractivity contribution is 1.06. The number of aryl methyl sites for hydroxylation is 4. The van der Waals surface area contributed by atoms with Gasteiger partial charge >= 0.3 is 0 Å². The first kappa shape index (κ1) is 12.2. The van der Waals surface area contributed by atoms with Crippen molar-refractivity contribution in [1.29, 1.82) is 0 Å². The Hall–Kier alpha value is -1.22. The Bertz CT molecular complexity index is 533. The second-order valence-corrected chi connectivity index (χ2v) is 5.15. The van der Waals surface area contributed by atoms with E-state index in [2.05, 4.69) is 58.8 Å². The number of benzene rings is 1. The number of aromatic nitrogens is 2. The van der Waals surface area contributed by atoms with Crippen LogP contribution < -0.4 is 0 Å². The third kappa shape index (κ3) is 2.55. The average molecular weight is 291 g/mol. The highest BCUT2D eigenvalue weighted by molar-refractivity contribution is 9.10. The van der Waals surface area contributed by atoms with Gasteiger partial charge in [0.1, 0.15) is 0 Å². The van der Waals surface area contributed by atoms with E-state index in [9.17, 15) is 0 Å². The molecule has 88 valence electrons. The summed E-state index contributed by atoms with van der Waals surface area (Å²) in [7, 11) is 0.